The largest absolute Gasteiger partial charge is 0.407 e. The van der Waals surface area contributed by atoms with Crippen molar-refractivity contribution in [2.75, 3.05) is 24.7 Å². The van der Waals surface area contributed by atoms with Crippen molar-refractivity contribution < 1.29 is 30.4 Å². The molecule has 0 unspecified atom stereocenters. The van der Waals surface area contributed by atoms with Crippen molar-refractivity contribution in [2.45, 2.75) is 29.1 Å². The quantitative estimate of drug-likeness (QED) is 0.498. The number of sulfonamides is 1. The van der Waals surface area contributed by atoms with E-state index in [1.54, 1.807) is 12.1 Å². The van der Waals surface area contributed by atoms with Crippen LogP contribution in [0.3, 0.4) is 0 Å². The molecule has 0 atom stereocenters. The van der Waals surface area contributed by atoms with Gasteiger partial charge in [-0.1, -0.05) is 17.2 Å². The zero-order valence-electron chi connectivity index (χ0n) is 18.7. The first kappa shape index (κ1) is 24.9. The molecule has 186 valence electrons. The number of rotatable bonds is 7. The second kappa shape index (κ2) is 9.84. The third kappa shape index (κ3) is 5.92. The highest BCUT2D eigenvalue weighted by atomic mass is 32.2. The van der Waals surface area contributed by atoms with E-state index in [-0.39, 0.29) is 47.1 Å². The standard InChI is InChI=1S/C22H23FN4O6S2/c1-34(29,30)18-6-2-15(3-7-18)14-20-25-26-22(33-20)24-21(28)16-10-12-27(13-11-16)35(31,32)19-8-4-17(23)5-9-19/h2-9,16H,10-14H2,1H3,(H,24,26,28). The van der Waals surface area contributed by atoms with Crippen molar-refractivity contribution in [3.63, 3.8) is 0 Å². The van der Waals surface area contributed by atoms with Gasteiger partial charge in [-0.05, 0) is 54.8 Å². The molecule has 10 nitrogen and oxygen atoms in total. The van der Waals surface area contributed by atoms with Gasteiger partial charge < -0.3 is 4.42 Å². The summed E-state index contributed by atoms with van der Waals surface area (Å²) in [5, 5.41) is 10.3. The number of amides is 1. The molecule has 0 saturated carbocycles. The SMILES string of the molecule is CS(=O)(=O)c1ccc(Cc2nnc(NC(=O)C3CCN(S(=O)(=O)c4ccc(F)cc4)CC3)o2)cc1. The van der Waals surface area contributed by atoms with Crippen molar-refractivity contribution in [1.29, 1.82) is 0 Å². The third-order valence-electron chi connectivity index (χ3n) is 5.68. The van der Waals surface area contributed by atoms with Crippen LogP contribution < -0.4 is 5.32 Å². The Labute approximate surface area is 202 Å². The van der Waals surface area contributed by atoms with E-state index in [0.717, 1.165) is 24.0 Å². The topological polar surface area (TPSA) is 140 Å². The third-order valence-corrected chi connectivity index (χ3v) is 8.72. The van der Waals surface area contributed by atoms with Gasteiger partial charge in [-0.2, -0.15) is 4.31 Å². The van der Waals surface area contributed by atoms with Crippen LogP contribution in [0.4, 0.5) is 10.4 Å². The van der Waals surface area contributed by atoms with Crippen LogP contribution in [0.2, 0.25) is 0 Å². The zero-order valence-corrected chi connectivity index (χ0v) is 20.4. The minimum atomic E-state index is -3.76. The van der Waals surface area contributed by atoms with Crippen molar-refractivity contribution in [3.05, 3.63) is 65.8 Å². The highest BCUT2D eigenvalue weighted by Crippen LogP contribution is 2.25. The zero-order chi connectivity index (χ0) is 25.2. The van der Waals surface area contributed by atoms with Crippen molar-refractivity contribution >= 4 is 31.8 Å². The molecule has 13 heteroatoms. The van der Waals surface area contributed by atoms with Crippen LogP contribution >= 0.6 is 0 Å². The van der Waals surface area contributed by atoms with E-state index in [1.165, 1.54) is 28.6 Å². The van der Waals surface area contributed by atoms with Gasteiger partial charge in [0.05, 0.1) is 16.2 Å². The summed E-state index contributed by atoms with van der Waals surface area (Å²) in [6, 6.07) is 10.8. The monoisotopic (exact) mass is 522 g/mol. The summed E-state index contributed by atoms with van der Waals surface area (Å²) >= 11 is 0. The van der Waals surface area contributed by atoms with Gasteiger partial charge in [0.15, 0.2) is 9.84 Å². The number of nitrogens with zero attached hydrogens (tertiary/aromatic N) is 3. The molecule has 1 saturated heterocycles. The number of sulfone groups is 1. The first-order valence-corrected chi connectivity index (χ1v) is 14.0. The molecule has 0 radical (unpaired) electrons. The Hall–Kier alpha value is -3.16. The molecule has 1 aromatic heterocycles. The van der Waals surface area contributed by atoms with Crippen LogP contribution in [0.1, 0.15) is 24.3 Å². The van der Waals surface area contributed by atoms with Crippen LogP contribution in [0.5, 0.6) is 0 Å². The van der Waals surface area contributed by atoms with Crippen LogP contribution in [-0.4, -0.2) is 56.6 Å². The van der Waals surface area contributed by atoms with Gasteiger partial charge in [-0.25, -0.2) is 21.2 Å². The molecular weight excluding hydrogens is 499 g/mol. The van der Waals surface area contributed by atoms with Crippen LogP contribution in [0.15, 0.2) is 62.7 Å². The molecule has 0 bridgehead atoms. The molecule has 1 amide bonds. The Morgan fingerprint density at radius 3 is 2.20 bits per heavy atom. The van der Waals surface area contributed by atoms with E-state index in [2.05, 4.69) is 15.5 Å². The van der Waals surface area contributed by atoms with E-state index in [4.69, 9.17) is 4.42 Å². The summed E-state index contributed by atoms with van der Waals surface area (Å²) in [7, 11) is -7.05. The number of benzene rings is 2. The summed E-state index contributed by atoms with van der Waals surface area (Å²) in [6.45, 7) is 0.298. The fourth-order valence-corrected chi connectivity index (χ4v) is 5.83. The van der Waals surface area contributed by atoms with Gasteiger partial charge in [0.1, 0.15) is 5.82 Å². The number of carbonyl (C=O) groups excluding carboxylic acids is 1. The second-order valence-corrected chi connectivity index (χ2v) is 12.2. The Bertz CT molecular complexity index is 1410. The first-order valence-electron chi connectivity index (χ1n) is 10.7. The molecule has 1 aliphatic rings. The number of piperidine rings is 1. The van der Waals surface area contributed by atoms with E-state index in [9.17, 15) is 26.0 Å². The molecular formula is C22H23FN4O6S2. The number of hydrogen-bond acceptors (Lipinski definition) is 8. The molecule has 1 aliphatic heterocycles. The summed E-state index contributed by atoms with van der Waals surface area (Å²) < 4.78 is 68.4. The average molecular weight is 523 g/mol. The van der Waals surface area contributed by atoms with Crippen LogP contribution in [0.25, 0.3) is 0 Å². The maximum atomic E-state index is 13.1. The lowest BCUT2D eigenvalue weighted by molar-refractivity contribution is -0.121. The van der Waals surface area contributed by atoms with E-state index >= 15 is 0 Å². The Morgan fingerprint density at radius 2 is 1.60 bits per heavy atom. The predicted molar refractivity (Wildman–Crippen MR) is 123 cm³/mol. The van der Waals surface area contributed by atoms with Crippen LogP contribution in [0, 0.1) is 11.7 Å². The Balaban J connectivity index is 1.31. The van der Waals surface area contributed by atoms with Crippen molar-refractivity contribution in [1.82, 2.24) is 14.5 Å². The maximum absolute atomic E-state index is 13.1. The number of aromatic nitrogens is 2. The average Bonchev–Trinajstić information content (AvgIpc) is 3.25. The fourth-order valence-electron chi connectivity index (χ4n) is 3.73. The minimum absolute atomic E-state index is 0.00569. The van der Waals surface area contributed by atoms with Crippen molar-refractivity contribution in [2.24, 2.45) is 5.92 Å². The molecule has 35 heavy (non-hydrogen) atoms. The molecule has 0 spiro atoms. The molecule has 2 heterocycles. The Morgan fingerprint density at radius 1 is 1.00 bits per heavy atom. The lowest BCUT2D eigenvalue weighted by atomic mass is 9.97. The van der Waals surface area contributed by atoms with Gasteiger partial charge in [-0.3, -0.25) is 10.1 Å². The van der Waals surface area contributed by atoms with Gasteiger partial charge >= 0.3 is 6.01 Å². The van der Waals surface area contributed by atoms with E-state index in [0.29, 0.717) is 12.8 Å². The number of anilines is 1. The highest BCUT2D eigenvalue weighted by Gasteiger charge is 2.32. The summed E-state index contributed by atoms with van der Waals surface area (Å²) in [6.07, 6.45) is 2.00. The van der Waals surface area contributed by atoms with Crippen LogP contribution in [-0.2, 0) is 31.1 Å². The fraction of sp³-hybridized carbons (Fsp3) is 0.318. The maximum Gasteiger partial charge on any atom is 0.322 e. The van der Waals surface area contributed by atoms with Gasteiger partial charge in [0, 0.05) is 25.3 Å². The molecule has 1 N–H and O–H groups in total. The number of nitrogens with one attached hydrogen (secondary N) is 1. The van der Waals surface area contributed by atoms with E-state index in [1.807, 2.05) is 0 Å². The van der Waals surface area contributed by atoms with Crippen molar-refractivity contribution in [3.8, 4) is 0 Å². The predicted octanol–water partition coefficient (Wildman–Crippen LogP) is 2.24. The highest BCUT2D eigenvalue weighted by molar-refractivity contribution is 7.90. The molecule has 2 aromatic carbocycles. The summed E-state index contributed by atoms with van der Waals surface area (Å²) in [4.78, 5) is 12.8. The smallest absolute Gasteiger partial charge is 0.322 e. The number of halogens is 1. The molecule has 3 aromatic rings. The lowest BCUT2D eigenvalue weighted by Gasteiger charge is -2.30. The first-order chi connectivity index (χ1) is 16.5. The number of hydrogen-bond donors (Lipinski definition) is 1. The lowest BCUT2D eigenvalue weighted by Crippen LogP contribution is -2.41. The second-order valence-electron chi connectivity index (χ2n) is 8.22. The van der Waals surface area contributed by atoms with Gasteiger partial charge in [0.25, 0.3) is 0 Å². The summed E-state index contributed by atoms with van der Waals surface area (Å²) in [5.74, 6) is -1.06. The molecule has 1 fully saturated rings. The van der Waals surface area contributed by atoms with Gasteiger partial charge in [0.2, 0.25) is 21.8 Å². The normalized spacial score (nSPS) is 15.7. The van der Waals surface area contributed by atoms with E-state index < -0.39 is 31.6 Å². The van der Waals surface area contributed by atoms with Gasteiger partial charge in [-0.15, -0.1) is 5.10 Å². The molecule has 4 rings (SSSR count). The minimum Gasteiger partial charge on any atom is -0.407 e. The molecule has 0 aliphatic carbocycles. The number of carbonyl (C=O) groups is 1. The Kier molecular flexibility index (Phi) is 7.01. The summed E-state index contributed by atoms with van der Waals surface area (Å²) in [5.41, 5.74) is 0.758.